The fourth-order valence-corrected chi connectivity index (χ4v) is 2.55. The lowest BCUT2D eigenvalue weighted by molar-refractivity contribution is 0.281. The van der Waals surface area contributed by atoms with Gasteiger partial charge in [-0.25, -0.2) is 4.98 Å². The normalized spacial score (nSPS) is 11.8. The quantitative estimate of drug-likeness (QED) is 0.608. The van der Waals surface area contributed by atoms with E-state index in [1.807, 2.05) is 50.2 Å². The summed E-state index contributed by atoms with van der Waals surface area (Å²) in [7, 11) is 0. The van der Waals surface area contributed by atoms with Crippen molar-refractivity contribution in [3.63, 3.8) is 0 Å². The lowest BCUT2D eigenvalue weighted by atomic mass is 10.2. The number of aryl methyl sites for hydroxylation is 1. The first-order chi connectivity index (χ1) is 12.5. The number of rotatable bonds is 6. The molecule has 0 bridgehead atoms. The largest absolute Gasteiger partial charge is 0.394 e. The highest BCUT2D eigenvalue weighted by molar-refractivity contribution is 6.30. The molecule has 134 valence electrons. The third kappa shape index (κ3) is 4.47. The molecule has 3 rings (SSSR count). The smallest absolute Gasteiger partial charge is 0.225 e. The molecule has 26 heavy (non-hydrogen) atoms. The third-order valence-corrected chi connectivity index (χ3v) is 4.05. The number of hydrogen-bond donors (Lipinski definition) is 3. The van der Waals surface area contributed by atoms with Crippen molar-refractivity contribution in [3.8, 4) is 11.3 Å². The van der Waals surface area contributed by atoms with Gasteiger partial charge >= 0.3 is 0 Å². The molecule has 2 aromatic heterocycles. The summed E-state index contributed by atoms with van der Waals surface area (Å²) in [6.07, 6.45) is 3.43. The summed E-state index contributed by atoms with van der Waals surface area (Å²) in [5.74, 6) is 1.06. The van der Waals surface area contributed by atoms with Crippen LogP contribution in [-0.4, -0.2) is 32.7 Å². The molecule has 0 fully saturated rings. The Morgan fingerprint density at radius 3 is 2.62 bits per heavy atom. The lowest BCUT2D eigenvalue weighted by Crippen LogP contribution is -2.21. The second kappa shape index (κ2) is 8.12. The molecule has 7 heteroatoms. The zero-order chi connectivity index (χ0) is 18.5. The maximum absolute atomic E-state index is 9.30. The van der Waals surface area contributed by atoms with E-state index < -0.39 is 0 Å². The van der Waals surface area contributed by atoms with Crippen LogP contribution in [0.5, 0.6) is 0 Å². The van der Waals surface area contributed by atoms with Gasteiger partial charge in [-0.05, 0) is 43.7 Å². The molecule has 3 aromatic rings. The van der Waals surface area contributed by atoms with Crippen LogP contribution >= 0.6 is 11.6 Å². The number of nitrogens with zero attached hydrogens (tertiary/aromatic N) is 3. The molecule has 1 aromatic carbocycles. The Morgan fingerprint density at radius 1 is 1.12 bits per heavy atom. The van der Waals surface area contributed by atoms with Crippen LogP contribution in [0, 0.1) is 6.92 Å². The lowest BCUT2D eigenvalue weighted by Gasteiger charge is -2.15. The highest BCUT2D eigenvalue weighted by Gasteiger charge is 2.10. The number of aliphatic hydroxyl groups excluding tert-OH is 1. The molecule has 0 radical (unpaired) electrons. The van der Waals surface area contributed by atoms with Gasteiger partial charge in [0.25, 0.3) is 0 Å². The number of aliphatic hydroxyl groups is 1. The number of halogens is 1. The molecule has 0 unspecified atom stereocenters. The Hall–Kier alpha value is -2.70. The molecule has 0 spiro atoms. The van der Waals surface area contributed by atoms with Crippen LogP contribution in [0.3, 0.4) is 0 Å². The summed E-state index contributed by atoms with van der Waals surface area (Å²) in [4.78, 5) is 13.1. The summed E-state index contributed by atoms with van der Waals surface area (Å²) in [6.45, 7) is 3.84. The van der Waals surface area contributed by atoms with E-state index in [2.05, 4.69) is 25.6 Å². The van der Waals surface area contributed by atoms with Crippen molar-refractivity contribution < 1.29 is 5.11 Å². The van der Waals surface area contributed by atoms with Gasteiger partial charge in [0, 0.05) is 40.8 Å². The number of benzene rings is 1. The van der Waals surface area contributed by atoms with Crippen LogP contribution in [-0.2, 0) is 0 Å². The van der Waals surface area contributed by atoms with E-state index in [4.69, 9.17) is 11.6 Å². The molecule has 0 amide bonds. The van der Waals surface area contributed by atoms with Gasteiger partial charge in [-0.3, -0.25) is 4.98 Å². The second-order valence-electron chi connectivity index (χ2n) is 6.01. The van der Waals surface area contributed by atoms with E-state index in [0.717, 1.165) is 22.5 Å². The average Bonchev–Trinajstić information content (AvgIpc) is 2.65. The summed E-state index contributed by atoms with van der Waals surface area (Å²) in [5.41, 5.74) is 3.60. The summed E-state index contributed by atoms with van der Waals surface area (Å²) in [5, 5.41) is 16.3. The number of anilines is 3. The molecule has 3 N–H and O–H groups in total. The number of pyridine rings is 1. The van der Waals surface area contributed by atoms with Crippen molar-refractivity contribution >= 4 is 29.1 Å². The molecule has 0 aliphatic rings. The highest BCUT2D eigenvalue weighted by Crippen LogP contribution is 2.26. The predicted octanol–water partition coefficient (Wildman–Crippen LogP) is 4.04. The Morgan fingerprint density at radius 2 is 1.88 bits per heavy atom. The predicted molar refractivity (Wildman–Crippen MR) is 105 cm³/mol. The van der Waals surface area contributed by atoms with E-state index in [9.17, 15) is 5.11 Å². The van der Waals surface area contributed by atoms with Crippen molar-refractivity contribution in [1.29, 1.82) is 0 Å². The van der Waals surface area contributed by atoms with Crippen molar-refractivity contribution in [2.24, 2.45) is 0 Å². The van der Waals surface area contributed by atoms with Gasteiger partial charge in [-0.15, -0.1) is 0 Å². The molecule has 0 aliphatic heterocycles. The first-order valence-corrected chi connectivity index (χ1v) is 8.63. The second-order valence-corrected chi connectivity index (χ2v) is 6.45. The fourth-order valence-electron chi connectivity index (χ4n) is 2.38. The van der Waals surface area contributed by atoms with Crippen molar-refractivity contribution in [2.45, 2.75) is 19.9 Å². The standard InChI is InChI=1S/C19H20ClN5O/c1-12-3-4-15(20)9-16(12)23-18-10-17(14-5-7-21-8-6-14)24-19(25-18)22-13(2)11-26/h3-10,13,26H,11H2,1-2H3,(H2,22,23,24,25)/t13-/m1/s1. The van der Waals surface area contributed by atoms with E-state index in [0.29, 0.717) is 16.8 Å². The van der Waals surface area contributed by atoms with Gasteiger partial charge in [0.15, 0.2) is 0 Å². The Labute approximate surface area is 157 Å². The van der Waals surface area contributed by atoms with E-state index >= 15 is 0 Å². The first kappa shape index (κ1) is 18.1. The van der Waals surface area contributed by atoms with Gasteiger partial charge in [-0.1, -0.05) is 17.7 Å². The van der Waals surface area contributed by atoms with E-state index in [1.165, 1.54) is 0 Å². The minimum absolute atomic E-state index is 0.0149. The summed E-state index contributed by atoms with van der Waals surface area (Å²) < 4.78 is 0. The maximum atomic E-state index is 9.30. The van der Waals surface area contributed by atoms with Crippen LogP contribution < -0.4 is 10.6 Å². The van der Waals surface area contributed by atoms with Crippen LogP contribution in [0.1, 0.15) is 12.5 Å². The minimum Gasteiger partial charge on any atom is -0.394 e. The van der Waals surface area contributed by atoms with Crippen molar-refractivity contribution in [1.82, 2.24) is 15.0 Å². The molecule has 0 aliphatic carbocycles. The highest BCUT2D eigenvalue weighted by atomic mass is 35.5. The zero-order valence-corrected chi connectivity index (χ0v) is 15.3. The number of aromatic nitrogens is 3. The Kier molecular flexibility index (Phi) is 5.65. The number of nitrogens with one attached hydrogen (secondary N) is 2. The summed E-state index contributed by atoms with van der Waals surface area (Å²) >= 11 is 6.11. The first-order valence-electron chi connectivity index (χ1n) is 8.25. The Balaban J connectivity index is 2.00. The SMILES string of the molecule is Cc1ccc(Cl)cc1Nc1cc(-c2ccncc2)nc(N[C@H](C)CO)n1. The van der Waals surface area contributed by atoms with Crippen LogP contribution in [0.25, 0.3) is 11.3 Å². The minimum atomic E-state index is -0.163. The van der Waals surface area contributed by atoms with Gasteiger partial charge < -0.3 is 15.7 Å². The molecular weight excluding hydrogens is 350 g/mol. The maximum Gasteiger partial charge on any atom is 0.225 e. The molecule has 0 saturated carbocycles. The van der Waals surface area contributed by atoms with Crippen LogP contribution in [0.2, 0.25) is 5.02 Å². The summed E-state index contributed by atoms with van der Waals surface area (Å²) in [6, 6.07) is 11.1. The van der Waals surface area contributed by atoms with E-state index in [-0.39, 0.29) is 12.6 Å². The molecule has 6 nitrogen and oxygen atoms in total. The zero-order valence-electron chi connectivity index (χ0n) is 14.6. The topological polar surface area (TPSA) is 83.0 Å². The van der Waals surface area contributed by atoms with Crippen LogP contribution in [0.15, 0.2) is 48.8 Å². The third-order valence-electron chi connectivity index (χ3n) is 3.81. The Bertz CT molecular complexity index is 888. The molecule has 2 heterocycles. The monoisotopic (exact) mass is 369 g/mol. The molecular formula is C19H20ClN5O. The van der Waals surface area contributed by atoms with E-state index in [1.54, 1.807) is 12.4 Å². The van der Waals surface area contributed by atoms with Crippen LogP contribution in [0.4, 0.5) is 17.5 Å². The average molecular weight is 370 g/mol. The van der Waals surface area contributed by atoms with Gasteiger partial charge in [0.1, 0.15) is 5.82 Å². The fraction of sp³-hybridized carbons (Fsp3) is 0.211. The van der Waals surface area contributed by atoms with Gasteiger partial charge in [0.2, 0.25) is 5.95 Å². The van der Waals surface area contributed by atoms with Gasteiger partial charge in [0.05, 0.1) is 12.3 Å². The van der Waals surface area contributed by atoms with Crippen molar-refractivity contribution in [2.75, 3.05) is 17.2 Å². The molecule has 0 saturated heterocycles. The number of hydrogen-bond acceptors (Lipinski definition) is 6. The molecule has 1 atom stereocenters. The van der Waals surface area contributed by atoms with Gasteiger partial charge in [-0.2, -0.15) is 4.98 Å². The van der Waals surface area contributed by atoms with Crippen molar-refractivity contribution in [3.05, 3.63) is 59.4 Å².